The molecule has 33 heavy (non-hydrogen) atoms. The minimum absolute atomic E-state index is 0.126. The number of amides is 2. The van der Waals surface area contributed by atoms with Gasteiger partial charge in [0.2, 0.25) is 11.8 Å². The fourth-order valence-corrected chi connectivity index (χ4v) is 3.87. The van der Waals surface area contributed by atoms with E-state index in [1.807, 2.05) is 60.0 Å². The van der Waals surface area contributed by atoms with E-state index in [0.29, 0.717) is 28.9 Å². The quantitative estimate of drug-likeness (QED) is 0.361. The van der Waals surface area contributed by atoms with E-state index in [-0.39, 0.29) is 24.8 Å². The first-order valence-electron chi connectivity index (χ1n) is 10.4. The third-order valence-electron chi connectivity index (χ3n) is 4.73. The van der Waals surface area contributed by atoms with Crippen LogP contribution in [0, 0.1) is 0 Å². The van der Waals surface area contributed by atoms with E-state index < -0.39 is 0 Å². The molecular formula is C25H23N3O4S. The van der Waals surface area contributed by atoms with Crippen LogP contribution in [-0.2, 0) is 16.1 Å². The molecule has 0 unspecified atom stereocenters. The van der Waals surface area contributed by atoms with E-state index in [4.69, 9.17) is 9.15 Å². The molecule has 0 saturated heterocycles. The van der Waals surface area contributed by atoms with Gasteiger partial charge >= 0.3 is 0 Å². The highest BCUT2D eigenvalue weighted by Gasteiger charge is 2.12. The van der Waals surface area contributed by atoms with Gasteiger partial charge in [0.1, 0.15) is 17.2 Å². The molecule has 2 aromatic carbocycles. The molecule has 0 bridgehead atoms. The summed E-state index contributed by atoms with van der Waals surface area (Å²) in [6.45, 7) is 2.02. The van der Waals surface area contributed by atoms with Crippen molar-refractivity contribution in [3.63, 3.8) is 0 Å². The number of para-hydroxylation sites is 1. The van der Waals surface area contributed by atoms with Crippen molar-refractivity contribution < 1.29 is 18.7 Å². The predicted molar refractivity (Wildman–Crippen MR) is 128 cm³/mol. The minimum atomic E-state index is -0.182. The molecule has 2 aromatic heterocycles. The lowest BCUT2D eigenvalue weighted by molar-refractivity contribution is -0.119. The lowest BCUT2D eigenvalue weighted by Gasteiger charge is -2.11. The Kier molecular flexibility index (Phi) is 7.16. The number of rotatable bonds is 9. The Morgan fingerprint density at radius 2 is 1.82 bits per heavy atom. The molecule has 8 heteroatoms. The first-order valence-corrected chi connectivity index (χ1v) is 11.3. The highest BCUT2D eigenvalue weighted by molar-refractivity contribution is 7.14. The number of hydrogen-bond donors (Lipinski definition) is 2. The number of benzene rings is 2. The van der Waals surface area contributed by atoms with Gasteiger partial charge in [-0.3, -0.25) is 9.59 Å². The number of ether oxygens (including phenoxy) is 1. The summed E-state index contributed by atoms with van der Waals surface area (Å²) in [5.41, 5.74) is 2.67. The van der Waals surface area contributed by atoms with Crippen molar-refractivity contribution in [2.75, 3.05) is 11.9 Å². The number of hydrogen-bond acceptors (Lipinski definition) is 6. The van der Waals surface area contributed by atoms with Crippen LogP contribution in [0.3, 0.4) is 0 Å². The number of nitrogens with one attached hydrogen (secondary N) is 2. The molecule has 0 aliphatic carbocycles. The zero-order valence-electron chi connectivity index (χ0n) is 18.0. The number of thiazole rings is 1. The molecule has 0 atom stereocenters. The Balaban J connectivity index is 1.29. The molecule has 0 fully saturated rings. The number of nitrogens with zero attached hydrogens (tertiary/aromatic N) is 1. The lowest BCUT2D eigenvalue weighted by Crippen LogP contribution is -2.18. The molecule has 0 spiro atoms. The van der Waals surface area contributed by atoms with Crippen molar-refractivity contribution >= 4 is 28.3 Å². The summed E-state index contributed by atoms with van der Waals surface area (Å²) < 4.78 is 11.6. The zero-order valence-corrected chi connectivity index (χ0v) is 18.9. The molecule has 0 saturated carbocycles. The van der Waals surface area contributed by atoms with E-state index in [9.17, 15) is 9.59 Å². The van der Waals surface area contributed by atoms with Crippen molar-refractivity contribution in [1.82, 2.24) is 10.3 Å². The van der Waals surface area contributed by atoms with E-state index in [1.165, 1.54) is 18.3 Å². The van der Waals surface area contributed by atoms with Crippen molar-refractivity contribution in [2.45, 2.75) is 19.9 Å². The molecule has 168 valence electrons. The van der Waals surface area contributed by atoms with Crippen LogP contribution in [0.2, 0.25) is 0 Å². The summed E-state index contributed by atoms with van der Waals surface area (Å²) in [4.78, 5) is 27.8. The van der Waals surface area contributed by atoms with Gasteiger partial charge in [0.25, 0.3) is 0 Å². The first-order chi connectivity index (χ1) is 16.1. The Morgan fingerprint density at radius 1 is 1.03 bits per heavy atom. The molecule has 2 N–H and O–H groups in total. The van der Waals surface area contributed by atoms with Crippen molar-refractivity contribution in [1.29, 1.82) is 0 Å². The summed E-state index contributed by atoms with van der Waals surface area (Å²) in [6, 6.07) is 21.3. The largest absolute Gasteiger partial charge is 0.492 e. The van der Waals surface area contributed by atoms with Gasteiger partial charge in [0.15, 0.2) is 10.9 Å². The highest BCUT2D eigenvalue weighted by Crippen LogP contribution is 2.30. The SMILES string of the molecule is CC(=O)NCc1ccc(-c2csc(NC(=O)CCOc3ccccc3-c3ccccc3)n2)o1. The monoisotopic (exact) mass is 461 g/mol. The van der Waals surface area contributed by atoms with Crippen LogP contribution in [0.25, 0.3) is 22.6 Å². The normalized spacial score (nSPS) is 10.6. The van der Waals surface area contributed by atoms with Crippen LogP contribution in [0.15, 0.2) is 76.5 Å². The lowest BCUT2D eigenvalue weighted by atomic mass is 10.1. The molecule has 2 heterocycles. The number of furan rings is 1. The van der Waals surface area contributed by atoms with Gasteiger partial charge in [-0.2, -0.15) is 0 Å². The van der Waals surface area contributed by atoms with E-state index in [1.54, 1.807) is 12.1 Å². The highest BCUT2D eigenvalue weighted by atomic mass is 32.1. The number of aromatic nitrogens is 1. The molecule has 0 aliphatic rings. The fourth-order valence-electron chi connectivity index (χ4n) is 3.15. The molecule has 4 aromatic rings. The second-order valence-electron chi connectivity index (χ2n) is 7.22. The first kappa shape index (κ1) is 22.3. The van der Waals surface area contributed by atoms with Crippen molar-refractivity contribution in [2.24, 2.45) is 0 Å². The van der Waals surface area contributed by atoms with Crippen LogP contribution >= 0.6 is 11.3 Å². The second-order valence-corrected chi connectivity index (χ2v) is 8.08. The van der Waals surface area contributed by atoms with E-state index in [2.05, 4.69) is 15.6 Å². The zero-order chi connectivity index (χ0) is 23.0. The van der Waals surface area contributed by atoms with Crippen LogP contribution in [0.1, 0.15) is 19.1 Å². The topological polar surface area (TPSA) is 93.5 Å². The Hall–Kier alpha value is -3.91. The Bertz CT molecular complexity index is 1230. The van der Waals surface area contributed by atoms with Gasteiger partial charge in [-0.05, 0) is 23.8 Å². The maximum Gasteiger partial charge on any atom is 0.229 e. The van der Waals surface area contributed by atoms with E-state index >= 15 is 0 Å². The average Bonchev–Trinajstić information content (AvgIpc) is 3.48. The van der Waals surface area contributed by atoms with Crippen molar-refractivity contribution in [3.05, 3.63) is 77.9 Å². The standard InChI is InChI=1S/C25H23N3O4S/c1-17(29)26-15-19-11-12-23(32-19)21-16-33-25(27-21)28-24(30)13-14-31-22-10-6-5-9-20(22)18-7-3-2-4-8-18/h2-12,16H,13-15H2,1H3,(H,26,29)(H,27,28,30). The fraction of sp³-hybridized carbons (Fsp3) is 0.160. The number of anilines is 1. The summed E-state index contributed by atoms with van der Waals surface area (Å²) in [7, 11) is 0. The average molecular weight is 462 g/mol. The van der Waals surface area contributed by atoms with E-state index in [0.717, 1.165) is 16.9 Å². The molecule has 4 rings (SSSR count). The molecule has 2 amide bonds. The Labute approximate surface area is 195 Å². The summed E-state index contributed by atoms with van der Waals surface area (Å²) >= 11 is 1.32. The summed E-state index contributed by atoms with van der Waals surface area (Å²) in [5, 5.41) is 7.78. The summed E-state index contributed by atoms with van der Waals surface area (Å²) in [6.07, 6.45) is 0.194. The molecule has 7 nitrogen and oxygen atoms in total. The van der Waals surface area contributed by atoms with Crippen LogP contribution in [0.4, 0.5) is 5.13 Å². The maximum absolute atomic E-state index is 12.4. The van der Waals surface area contributed by atoms with Gasteiger partial charge in [-0.1, -0.05) is 48.5 Å². The molecular weight excluding hydrogens is 438 g/mol. The van der Waals surface area contributed by atoms with Crippen molar-refractivity contribution in [3.8, 4) is 28.3 Å². The predicted octanol–water partition coefficient (Wildman–Crippen LogP) is 5.11. The van der Waals surface area contributed by atoms with Gasteiger partial charge < -0.3 is 19.8 Å². The second kappa shape index (κ2) is 10.6. The van der Waals surface area contributed by atoms with Crippen LogP contribution < -0.4 is 15.4 Å². The summed E-state index contributed by atoms with van der Waals surface area (Å²) in [5.74, 6) is 1.64. The maximum atomic E-state index is 12.4. The number of carbonyl (C=O) groups is 2. The third-order valence-corrected chi connectivity index (χ3v) is 5.49. The van der Waals surface area contributed by atoms with Gasteiger partial charge in [0, 0.05) is 17.9 Å². The van der Waals surface area contributed by atoms with Gasteiger partial charge in [-0.15, -0.1) is 11.3 Å². The van der Waals surface area contributed by atoms with Crippen LogP contribution in [-0.4, -0.2) is 23.4 Å². The third kappa shape index (κ3) is 6.08. The molecule has 0 radical (unpaired) electrons. The van der Waals surface area contributed by atoms with Gasteiger partial charge in [-0.25, -0.2) is 4.98 Å². The molecule has 0 aliphatic heterocycles. The minimum Gasteiger partial charge on any atom is -0.492 e. The number of carbonyl (C=O) groups excluding carboxylic acids is 2. The van der Waals surface area contributed by atoms with Crippen LogP contribution in [0.5, 0.6) is 5.75 Å². The Morgan fingerprint density at radius 3 is 2.64 bits per heavy atom. The smallest absolute Gasteiger partial charge is 0.229 e. The van der Waals surface area contributed by atoms with Gasteiger partial charge in [0.05, 0.1) is 19.6 Å².